The van der Waals surface area contributed by atoms with Crippen molar-refractivity contribution in [3.05, 3.63) is 47.5 Å². The molecule has 0 heterocycles. The highest BCUT2D eigenvalue weighted by atomic mass is 16.5. The summed E-state index contributed by atoms with van der Waals surface area (Å²) in [5, 5.41) is 0. The number of benzene rings is 2. The van der Waals surface area contributed by atoms with Crippen LogP contribution < -0.4 is 15.2 Å². The quantitative estimate of drug-likeness (QED) is 0.839. The van der Waals surface area contributed by atoms with Crippen molar-refractivity contribution in [3.63, 3.8) is 0 Å². The topological polar surface area (TPSA) is 44.5 Å². The van der Waals surface area contributed by atoms with Crippen molar-refractivity contribution in [1.82, 2.24) is 0 Å². The SMILES string of the molecule is CCOc1cc(Oc2cc(C)ccc2C)ccc1N. The lowest BCUT2D eigenvalue weighted by Gasteiger charge is -2.12. The van der Waals surface area contributed by atoms with Gasteiger partial charge in [-0.1, -0.05) is 12.1 Å². The number of hydrogen-bond acceptors (Lipinski definition) is 3. The fourth-order valence-corrected chi connectivity index (χ4v) is 1.80. The maximum Gasteiger partial charge on any atom is 0.145 e. The van der Waals surface area contributed by atoms with Gasteiger partial charge in [0.25, 0.3) is 0 Å². The maximum absolute atomic E-state index is 5.90. The van der Waals surface area contributed by atoms with Gasteiger partial charge in [-0.15, -0.1) is 0 Å². The first kappa shape index (κ1) is 13.3. The number of aryl methyl sites for hydroxylation is 2. The van der Waals surface area contributed by atoms with E-state index in [2.05, 4.69) is 6.07 Å². The molecule has 0 saturated carbocycles. The van der Waals surface area contributed by atoms with Crippen molar-refractivity contribution in [2.75, 3.05) is 12.3 Å². The third kappa shape index (κ3) is 3.19. The number of hydrogen-bond donors (Lipinski definition) is 1. The van der Waals surface area contributed by atoms with Crippen LogP contribution in [-0.4, -0.2) is 6.61 Å². The summed E-state index contributed by atoms with van der Waals surface area (Å²) in [6, 6.07) is 11.6. The molecule has 2 N–H and O–H groups in total. The highest BCUT2D eigenvalue weighted by Crippen LogP contribution is 2.31. The minimum Gasteiger partial charge on any atom is -0.492 e. The second-order valence-electron chi connectivity index (χ2n) is 4.50. The molecular weight excluding hydrogens is 238 g/mol. The summed E-state index contributed by atoms with van der Waals surface area (Å²) in [6.45, 7) is 6.57. The molecule has 0 atom stereocenters. The van der Waals surface area contributed by atoms with Crippen molar-refractivity contribution in [1.29, 1.82) is 0 Å². The molecule has 2 aromatic carbocycles. The smallest absolute Gasteiger partial charge is 0.145 e. The Balaban J connectivity index is 2.28. The number of nitrogen functional groups attached to an aromatic ring is 1. The van der Waals surface area contributed by atoms with E-state index < -0.39 is 0 Å². The van der Waals surface area contributed by atoms with Gasteiger partial charge in [-0.2, -0.15) is 0 Å². The Labute approximate surface area is 114 Å². The Morgan fingerprint density at radius 2 is 1.79 bits per heavy atom. The van der Waals surface area contributed by atoms with E-state index in [1.165, 1.54) is 5.56 Å². The van der Waals surface area contributed by atoms with Crippen molar-refractivity contribution in [2.45, 2.75) is 20.8 Å². The van der Waals surface area contributed by atoms with Crippen molar-refractivity contribution in [3.8, 4) is 17.2 Å². The molecule has 0 aliphatic rings. The van der Waals surface area contributed by atoms with Crippen LogP contribution in [0.1, 0.15) is 18.1 Å². The van der Waals surface area contributed by atoms with Crippen LogP contribution in [0.25, 0.3) is 0 Å². The Morgan fingerprint density at radius 3 is 2.53 bits per heavy atom. The molecule has 0 fully saturated rings. The molecule has 0 aromatic heterocycles. The first-order chi connectivity index (χ1) is 9.10. The highest BCUT2D eigenvalue weighted by Gasteiger charge is 2.06. The lowest BCUT2D eigenvalue weighted by atomic mass is 10.1. The summed E-state index contributed by atoms with van der Waals surface area (Å²) in [4.78, 5) is 0. The van der Waals surface area contributed by atoms with Crippen LogP contribution in [-0.2, 0) is 0 Å². The number of nitrogens with two attached hydrogens (primary N) is 1. The zero-order chi connectivity index (χ0) is 13.8. The summed E-state index contributed by atoms with van der Waals surface area (Å²) >= 11 is 0. The normalized spacial score (nSPS) is 10.3. The van der Waals surface area contributed by atoms with Gasteiger partial charge in [0, 0.05) is 6.07 Å². The Bertz CT molecular complexity index is 579. The summed E-state index contributed by atoms with van der Waals surface area (Å²) in [6.07, 6.45) is 0. The van der Waals surface area contributed by atoms with Crippen LogP contribution in [0.15, 0.2) is 36.4 Å². The van der Waals surface area contributed by atoms with Gasteiger partial charge in [0.15, 0.2) is 0 Å². The van der Waals surface area contributed by atoms with Crippen LogP contribution in [0.3, 0.4) is 0 Å². The molecule has 0 amide bonds. The predicted molar refractivity (Wildman–Crippen MR) is 78.0 cm³/mol. The average Bonchev–Trinajstić information content (AvgIpc) is 2.38. The van der Waals surface area contributed by atoms with Gasteiger partial charge in [-0.05, 0) is 50.1 Å². The molecule has 0 saturated heterocycles. The van der Waals surface area contributed by atoms with Gasteiger partial charge >= 0.3 is 0 Å². The van der Waals surface area contributed by atoms with E-state index in [-0.39, 0.29) is 0 Å². The van der Waals surface area contributed by atoms with Crippen molar-refractivity contribution >= 4 is 5.69 Å². The Kier molecular flexibility index (Phi) is 3.95. The Hall–Kier alpha value is -2.16. The second kappa shape index (κ2) is 5.65. The molecule has 0 aliphatic carbocycles. The fraction of sp³-hybridized carbons (Fsp3) is 0.250. The zero-order valence-electron chi connectivity index (χ0n) is 11.6. The molecule has 0 spiro atoms. The monoisotopic (exact) mass is 257 g/mol. The van der Waals surface area contributed by atoms with Gasteiger partial charge in [-0.25, -0.2) is 0 Å². The summed E-state index contributed by atoms with van der Waals surface area (Å²) in [5.74, 6) is 2.24. The van der Waals surface area contributed by atoms with E-state index in [1.54, 1.807) is 6.07 Å². The van der Waals surface area contributed by atoms with E-state index in [0.717, 1.165) is 17.1 Å². The van der Waals surface area contributed by atoms with E-state index in [4.69, 9.17) is 15.2 Å². The largest absolute Gasteiger partial charge is 0.492 e. The lowest BCUT2D eigenvalue weighted by Crippen LogP contribution is -1.97. The molecule has 2 aromatic rings. The third-order valence-corrected chi connectivity index (χ3v) is 2.86. The van der Waals surface area contributed by atoms with E-state index in [0.29, 0.717) is 18.0 Å². The molecule has 2 rings (SSSR count). The van der Waals surface area contributed by atoms with Crippen LogP contribution in [0, 0.1) is 13.8 Å². The molecule has 3 nitrogen and oxygen atoms in total. The molecular formula is C16H19NO2. The average molecular weight is 257 g/mol. The molecule has 3 heteroatoms. The van der Waals surface area contributed by atoms with Crippen molar-refractivity contribution < 1.29 is 9.47 Å². The number of anilines is 1. The number of ether oxygens (including phenoxy) is 2. The van der Waals surface area contributed by atoms with Gasteiger partial charge in [0.05, 0.1) is 12.3 Å². The van der Waals surface area contributed by atoms with Gasteiger partial charge < -0.3 is 15.2 Å². The summed E-state index contributed by atoms with van der Waals surface area (Å²) < 4.78 is 11.4. The first-order valence-corrected chi connectivity index (χ1v) is 6.37. The van der Waals surface area contributed by atoms with Gasteiger partial charge in [0.1, 0.15) is 17.2 Å². The molecule has 19 heavy (non-hydrogen) atoms. The van der Waals surface area contributed by atoms with E-state index >= 15 is 0 Å². The van der Waals surface area contributed by atoms with Crippen LogP contribution >= 0.6 is 0 Å². The standard InChI is InChI=1S/C16H19NO2/c1-4-18-16-10-13(7-8-14(16)17)19-15-9-11(2)5-6-12(15)3/h5-10H,4,17H2,1-3H3. The predicted octanol–water partition coefficient (Wildman–Crippen LogP) is 4.08. The van der Waals surface area contributed by atoms with Gasteiger partial charge in [-0.3, -0.25) is 0 Å². The zero-order valence-corrected chi connectivity index (χ0v) is 11.6. The maximum atomic E-state index is 5.90. The number of rotatable bonds is 4. The highest BCUT2D eigenvalue weighted by molar-refractivity contribution is 5.56. The molecule has 0 bridgehead atoms. The minimum atomic E-state index is 0.580. The van der Waals surface area contributed by atoms with E-state index in [9.17, 15) is 0 Å². The molecule has 100 valence electrons. The van der Waals surface area contributed by atoms with E-state index in [1.807, 2.05) is 45.0 Å². The molecule has 0 unspecified atom stereocenters. The van der Waals surface area contributed by atoms with Crippen LogP contribution in [0.2, 0.25) is 0 Å². The van der Waals surface area contributed by atoms with Gasteiger partial charge in [0.2, 0.25) is 0 Å². The van der Waals surface area contributed by atoms with Crippen LogP contribution in [0.4, 0.5) is 5.69 Å². The summed E-state index contributed by atoms with van der Waals surface area (Å²) in [7, 11) is 0. The lowest BCUT2D eigenvalue weighted by molar-refractivity contribution is 0.340. The minimum absolute atomic E-state index is 0.580. The fourth-order valence-electron chi connectivity index (χ4n) is 1.80. The summed E-state index contributed by atoms with van der Waals surface area (Å²) in [5.41, 5.74) is 8.73. The Morgan fingerprint density at radius 1 is 1.00 bits per heavy atom. The molecule has 0 radical (unpaired) electrons. The van der Waals surface area contributed by atoms with Crippen LogP contribution in [0.5, 0.6) is 17.2 Å². The third-order valence-electron chi connectivity index (χ3n) is 2.86. The second-order valence-corrected chi connectivity index (χ2v) is 4.50. The van der Waals surface area contributed by atoms with Crippen molar-refractivity contribution in [2.24, 2.45) is 0 Å². The molecule has 0 aliphatic heterocycles. The first-order valence-electron chi connectivity index (χ1n) is 6.37.